The van der Waals surface area contributed by atoms with Gasteiger partial charge in [0.25, 0.3) is 6.01 Å². The number of ketones is 1. The summed E-state index contributed by atoms with van der Waals surface area (Å²) in [7, 11) is 1.52. The summed E-state index contributed by atoms with van der Waals surface area (Å²) in [6.07, 6.45) is 0. The summed E-state index contributed by atoms with van der Waals surface area (Å²) >= 11 is 0. The number of nitrogen functional groups attached to an aromatic ring is 1. The minimum Gasteiger partial charge on any atom is -0.468 e. The lowest BCUT2D eigenvalue weighted by Crippen LogP contribution is -2.07. The Morgan fingerprint density at radius 3 is 2.94 bits per heavy atom. The van der Waals surface area contributed by atoms with Gasteiger partial charge in [0.05, 0.1) is 24.9 Å². The van der Waals surface area contributed by atoms with Gasteiger partial charge in [-0.2, -0.15) is 4.98 Å². The molecule has 1 aromatic heterocycles. The summed E-state index contributed by atoms with van der Waals surface area (Å²) in [5.74, 6) is 0.0417. The van der Waals surface area contributed by atoms with Crippen LogP contribution in [0.3, 0.4) is 0 Å². The monoisotopic (exact) mass is 219 g/mol. The van der Waals surface area contributed by atoms with Crippen molar-refractivity contribution in [3.05, 3.63) is 18.2 Å². The predicted octanol–water partition coefficient (Wildman–Crippen LogP) is 1.22. The van der Waals surface area contributed by atoms with Crippen molar-refractivity contribution in [2.75, 3.05) is 12.8 Å². The number of nitrogens with zero attached hydrogens (tertiary/aromatic N) is 2. The second kappa shape index (κ2) is 3.84. The van der Waals surface area contributed by atoms with E-state index in [4.69, 9.17) is 10.5 Å². The Bertz CT molecular complexity index is 545. The summed E-state index contributed by atoms with van der Waals surface area (Å²) < 4.78 is 6.85. The largest absolute Gasteiger partial charge is 0.468 e. The average Bonchev–Trinajstić information content (AvgIpc) is 2.58. The van der Waals surface area contributed by atoms with Crippen molar-refractivity contribution in [3.8, 4) is 6.01 Å². The van der Waals surface area contributed by atoms with Gasteiger partial charge in [-0.05, 0) is 19.1 Å². The number of hydrogen-bond donors (Lipinski definition) is 1. The zero-order chi connectivity index (χ0) is 11.7. The molecule has 0 aliphatic heterocycles. The first-order chi connectivity index (χ1) is 7.63. The van der Waals surface area contributed by atoms with Crippen molar-refractivity contribution in [3.63, 3.8) is 0 Å². The zero-order valence-electron chi connectivity index (χ0n) is 9.23. The maximum absolute atomic E-state index is 11.2. The SMILES string of the molecule is COc1nc2c(N)cccc2n1CC(C)=O. The highest BCUT2D eigenvalue weighted by atomic mass is 16.5. The number of carbonyl (C=O) groups is 1. The van der Waals surface area contributed by atoms with Gasteiger partial charge in [-0.3, -0.25) is 9.36 Å². The quantitative estimate of drug-likeness (QED) is 0.788. The van der Waals surface area contributed by atoms with E-state index in [9.17, 15) is 4.79 Å². The average molecular weight is 219 g/mol. The third-order valence-electron chi connectivity index (χ3n) is 2.34. The molecule has 2 aromatic rings. The van der Waals surface area contributed by atoms with Crippen molar-refractivity contribution in [1.29, 1.82) is 0 Å². The van der Waals surface area contributed by atoms with Gasteiger partial charge in [-0.15, -0.1) is 0 Å². The predicted molar refractivity (Wildman–Crippen MR) is 61.4 cm³/mol. The molecule has 0 amide bonds. The number of anilines is 1. The van der Waals surface area contributed by atoms with E-state index in [2.05, 4.69) is 4.98 Å². The van der Waals surface area contributed by atoms with Crippen molar-refractivity contribution >= 4 is 22.5 Å². The van der Waals surface area contributed by atoms with Crippen LogP contribution in [0.5, 0.6) is 6.01 Å². The number of nitrogens with two attached hydrogens (primary N) is 1. The van der Waals surface area contributed by atoms with Gasteiger partial charge in [-0.1, -0.05) is 6.07 Å². The smallest absolute Gasteiger partial charge is 0.297 e. The molecule has 0 unspecified atom stereocenters. The molecular formula is C11H13N3O2. The number of para-hydroxylation sites is 1. The standard InChI is InChI=1S/C11H13N3O2/c1-7(15)6-14-9-5-3-4-8(12)10(9)13-11(14)16-2/h3-5H,6,12H2,1-2H3. The fraction of sp³-hybridized carbons (Fsp3) is 0.273. The molecular weight excluding hydrogens is 206 g/mol. The maximum atomic E-state index is 11.2. The van der Waals surface area contributed by atoms with E-state index in [0.717, 1.165) is 5.52 Å². The first-order valence-electron chi connectivity index (χ1n) is 4.91. The van der Waals surface area contributed by atoms with E-state index < -0.39 is 0 Å². The van der Waals surface area contributed by atoms with Crippen LogP contribution in [-0.4, -0.2) is 22.4 Å². The number of aromatic nitrogens is 2. The third-order valence-corrected chi connectivity index (χ3v) is 2.34. The molecule has 5 heteroatoms. The van der Waals surface area contributed by atoms with Gasteiger partial charge in [0.1, 0.15) is 11.3 Å². The summed E-state index contributed by atoms with van der Waals surface area (Å²) in [5, 5.41) is 0. The number of rotatable bonds is 3. The number of methoxy groups -OCH3 is 1. The van der Waals surface area contributed by atoms with Crippen molar-refractivity contribution in [2.45, 2.75) is 13.5 Å². The Labute approximate surface area is 92.8 Å². The molecule has 0 spiro atoms. The third kappa shape index (κ3) is 1.60. The van der Waals surface area contributed by atoms with Crippen LogP contribution in [0.15, 0.2) is 18.2 Å². The van der Waals surface area contributed by atoms with E-state index in [0.29, 0.717) is 17.2 Å². The molecule has 0 radical (unpaired) electrons. The lowest BCUT2D eigenvalue weighted by molar-refractivity contribution is -0.117. The molecule has 0 saturated heterocycles. The van der Waals surface area contributed by atoms with Crippen molar-refractivity contribution in [1.82, 2.24) is 9.55 Å². The highest BCUT2D eigenvalue weighted by molar-refractivity contribution is 5.89. The Hall–Kier alpha value is -2.04. The summed E-state index contributed by atoms with van der Waals surface area (Å²) in [5.41, 5.74) is 7.87. The Balaban J connectivity index is 2.68. The topological polar surface area (TPSA) is 70.1 Å². The fourth-order valence-electron chi connectivity index (χ4n) is 1.68. The molecule has 0 bridgehead atoms. The van der Waals surface area contributed by atoms with Gasteiger partial charge < -0.3 is 10.5 Å². The zero-order valence-corrected chi connectivity index (χ0v) is 9.23. The molecule has 1 aromatic carbocycles. The van der Waals surface area contributed by atoms with E-state index in [1.165, 1.54) is 14.0 Å². The lowest BCUT2D eigenvalue weighted by atomic mass is 10.2. The first-order valence-corrected chi connectivity index (χ1v) is 4.91. The van der Waals surface area contributed by atoms with E-state index in [1.807, 2.05) is 12.1 Å². The van der Waals surface area contributed by atoms with Crippen LogP contribution in [0.2, 0.25) is 0 Å². The van der Waals surface area contributed by atoms with Crippen LogP contribution in [-0.2, 0) is 11.3 Å². The number of fused-ring (bicyclic) bond motifs is 1. The van der Waals surface area contributed by atoms with E-state index in [-0.39, 0.29) is 12.3 Å². The minimum atomic E-state index is 0.0417. The number of ether oxygens (including phenoxy) is 1. The molecule has 84 valence electrons. The van der Waals surface area contributed by atoms with Gasteiger partial charge in [-0.25, -0.2) is 0 Å². The van der Waals surface area contributed by atoms with Gasteiger partial charge >= 0.3 is 0 Å². The molecule has 0 aliphatic carbocycles. The van der Waals surface area contributed by atoms with Crippen molar-refractivity contribution < 1.29 is 9.53 Å². The van der Waals surface area contributed by atoms with E-state index >= 15 is 0 Å². The molecule has 0 atom stereocenters. The van der Waals surface area contributed by atoms with Crippen LogP contribution in [0.25, 0.3) is 11.0 Å². The second-order valence-corrected chi connectivity index (χ2v) is 3.60. The second-order valence-electron chi connectivity index (χ2n) is 3.60. The summed E-state index contributed by atoms with van der Waals surface area (Å²) in [6.45, 7) is 1.76. The maximum Gasteiger partial charge on any atom is 0.297 e. The van der Waals surface area contributed by atoms with Gasteiger partial charge in [0.2, 0.25) is 0 Å². The van der Waals surface area contributed by atoms with Crippen LogP contribution < -0.4 is 10.5 Å². The molecule has 1 heterocycles. The molecule has 0 fully saturated rings. The number of carbonyl (C=O) groups excluding carboxylic acids is 1. The molecule has 2 rings (SSSR count). The van der Waals surface area contributed by atoms with Crippen LogP contribution >= 0.6 is 0 Å². The van der Waals surface area contributed by atoms with Crippen LogP contribution in [0, 0.1) is 0 Å². The number of imidazole rings is 1. The Morgan fingerprint density at radius 2 is 2.31 bits per heavy atom. The lowest BCUT2D eigenvalue weighted by Gasteiger charge is -2.04. The van der Waals surface area contributed by atoms with Crippen LogP contribution in [0.1, 0.15) is 6.92 Å². The fourth-order valence-corrected chi connectivity index (χ4v) is 1.68. The van der Waals surface area contributed by atoms with Gasteiger partial charge in [0, 0.05) is 0 Å². The Kier molecular flexibility index (Phi) is 2.52. The molecule has 16 heavy (non-hydrogen) atoms. The molecule has 5 nitrogen and oxygen atoms in total. The number of benzene rings is 1. The Morgan fingerprint density at radius 1 is 1.56 bits per heavy atom. The molecule has 2 N–H and O–H groups in total. The van der Waals surface area contributed by atoms with Gasteiger partial charge in [0.15, 0.2) is 0 Å². The van der Waals surface area contributed by atoms with E-state index in [1.54, 1.807) is 10.6 Å². The highest BCUT2D eigenvalue weighted by Crippen LogP contribution is 2.25. The van der Waals surface area contributed by atoms with Crippen molar-refractivity contribution in [2.24, 2.45) is 0 Å². The normalized spacial score (nSPS) is 10.6. The molecule has 0 aliphatic rings. The summed E-state index contributed by atoms with van der Waals surface area (Å²) in [4.78, 5) is 15.4. The van der Waals surface area contributed by atoms with Crippen LogP contribution in [0.4, 0.5) is 5.69 Å². The molecule has 0 saturated carbocycles. The minimum absolute atomic E-state index is 0.0417. The first kappa shape index (κ1) is 10.5. The highest BCUT2D eigenvalue weighted by Gasteiger charge is 2.13. The number of hydrogen-bond acceptors (Lipinski definition) is 4. The summed E-state index contributed by atoms with van der Waals surface area (Å²) in [6, 6.07) is 5.87. The number of Topliss-reactive ketones (excluding diaryl/α,β-unsaturated/α-hetero) is 1.